The van der Waals surface area contributed by atoms with E-state index in [4.69, 9.17) is 0 Å². The van der Waals surface area contributed by atoms with Gasteiger partial charge < -0.3 is 5.11 Å². The van der Waals surface area contributed by atoms with Crippen molar-refractivity contribution in [1.29, 1.82) is 0 Å². The number of hydrogen-bond acceptors (Lipinski definition) is 6. The van der Waals surface area contributed by atoms with Crippen LogP contribution in [-0.2, 0) is 19.2 Å². The molecule has 4 atom stereocenters. The second kappa shape index (κ2) is 10.7. The van der Waals surface area contributed by atoms with E-state index in [1.807, 2.05) is 36.4 Å². The summed E-state index contributed by atoms with van der Waals surface area (Å²) < 4.78 is 0. The third-order valence-electron chi connectivity index (χ3n) is 10.2. The van der Waals surface area contributed by atoms with Gasteiger partial charge in [0.2, 0.25) is 11.8 Å². The van der Waals surface area contributed by atoms with Crippen molar-refractivity contribution >= 4 is 45.6 Å². The summed E-state index contributed by atoms with van der Waals surface area (Å²) >= 11 is 0. The van der Waals surface area contributed by atoms with Crippen molar-refractivity contribution < 1.29 is 29.1 Å². The number of anilines is 1. The summed E-state index contributed by atoms with van der Waals surface area (Å²) in [6.07, 6.45) is 3.85. The standard InChI is InChI=1S/C40H29NO6/c1-21-19-33(43)31-20-30-28(34(36(31)37(21)44)27-17-18-32(42)26-10-6-5-9-25(26)27)15-16-29-35(30)40(47)41(39(29)46)24-13-11-23(12-14-24)38(45)22-7-3-2-4-8-22/h2-15,17-19,29-30,34-35,42H,16,20H2,1H3. The van der Waals surface area contributed by atoms with Gasteiger partial charge in [-0.25, -0.2) is 0 Å². The van der Waals surface area contributed by atoms with Crippen LogP contribution < -0.4 is 4.90 Å². The lowest BCUT2D eigenvalue weighted by atomic mass is 9.59. The van der Waals surface area contributed by atoms with E-state index in [9.17, 15) is 29.1 Å². The summed E-state index contributed by atoms with van der Waals surface area (Å²) in [4.78, 5) is 69.7. The lowest BCUT2D eigenvalue weighted by Gasteiger charge is -2.42. The molecular weight excluding hydrogens is 590 g/mol. The largest absolute Gasteiger partial charge is 0.507 e. The van der Waals surface area contributed by atoms with Gasteiger partial charge in [-0.2, -0.15) is 0 Å². The van der Waals surface area contributed by atoms with E-state index in [-0.39, 0.29) is 41.3 Å². The number of imide groups is 1. The number of allylic oxidation sites excluding steroid dienone is 6. The molecule has 3 aliphatic carbocycles. The van der Waals surface area contributed by atoms with Crippen molar-refractivity contribution in [3.8, 4) is 5.75 Å². The van der Waals surface area contributed by atoms with Crippen LogP contribution in [0.25, 0.3) is 10.8 Å². The fraction of sp³-hybridized carbons (Fsp3) is 0.175. The van der Waals surface area contributed by atoms with Crippen LogP contribution in [-0.4, -0.2) is 34.3 Å². The Labute approximate surface area is 270 Å². The molecule has 0 spiro atoms. The molecule has 1 heterocycles. The zero-order valence-electron chi connectivity index (χ0n) is 25.5. The van der Waals surface area contributed by atoms with E-state index in [1.165, 1.54) is 11.0 Å². The molecule has 0 bridgehead atoms. The SMILES string of the molecule is CC1=CC(=O)C2=C(C1=O)C(c1ccc(O)c3ccccc13)C1=CCC3C(=O)N(c4ccc(C(=O)c5ccccc5)cc4)C(=O)C3C1C2. The number of ketones is 3. The molecule has 230 valence electrons. The molecule has 0 aromatic heterocycles. The minimum atomic E-state index is -0.719. The molecule has 7 heteroatoms. The average molecular weight is 620 g/mol. The summed E-state index contributed by atoms with van der Waals surface area (Å²) in [5.74, 6) is -3.60. The normalized spacial score (nSPS) is 23.7. The molecule has 1 aliphatic heterocycles. The predicted molar refractivity (Wildman–Crippen MR) is 176 cm³/mol. The number of amides is 2. The number of rotatable bonds is 4. The number of aromatic hydroxyl groups is 1. The molecule has 1 N–H and O–H groups in total. The number of nitrogens with zero attached hydrogens (tertiary/aromatic N) is 1. The highest BCUT2D eigenvalue weighted by Crippen LogP contribution is 2.56. The maximum atomic E-state index is 14.3. The van der Waals surface area contributed by atoms with Crippen LogP contribution >= 0.6 is 0 Å². The molecule has 2 amide bonds. The molecule has 7 nitrogen and oxygen atoms in total. The molecule has 4 unspecified atom stereocenters. The number of fused-ring (bicyclic) bond motifs is 4. The van der Waals surface area contributed by atoms with E-state index in [2.05, 4.69) is 0 Å². The average Bonchev–Trinajstić information content (AvgIpc) is 3.36. The number of phenolic OH excluding ortho intramolecular Hbond substituents is 1. The summed E-state index contributed by atoms with van der Waals surface area (Å²) in [5.41, 5.74) is 4.15. The second-order valence-electron chi connectivity index (χ2n) is 12.7. The maximum absolute atomic E-state index is 14.3. The van der Waals surface area contributed by atoms with Crippen LogP contribution in [0.15, 0.2) is 125 Å². The first-order valence-electron chi connectivity index (χ1n) is 15.7. The first kappa shape index (κ1) is 28.8. The smallest absolute Gasteiger partial charge is 0.238 e. The minimum Gasteiger partial charge on any atom is -0.507 e. The van der Waals surface area contributed by atoms with E-state index in [0.29, 0.717) is 45.3 Å². The van der Waals surface area contributed by atoms with Crippen molar-refractivity contribution in [2.24, 2.45) is 17.8 Å². The molecule has 0 saturated carbocycles. The zero-order chi connectivity index (χ0) is 32.6. The van der Waals surface area contributed by atoms with Gasteiger partial charge in [0.05, 0.1) is 17.5 Å². The molecule has 4 aliphatic rings. The molecule has 8 rings (SSSR count). The summed E-state index contributed by atoms with van der Waals surface area (Å²) in [6.45, 7) is 1.64. The van der Waals surface area contributed by atoms with Gasteiger partial charge in [0.25, 0.3) is 0 Å². The topological polar surface area (TPSA) is 109 Å². The van der Waals surface area contributed by atoms with Crippen molar-refractivity contribution in [2.75, 3.05) is 4.90 Å². The first-order chi connectivity index (χ1) is 22.7. The zero-order valence-corrected chi connectivity index (χ0v) is 25.5. The highest BCUT2D eigenvalue weighted by molar-refractivity contribution is 6.25. The Bertz CT molecular complexity index is 2170. The van der Waals surface area contributed by atoms with Gasteiger partial charge in [0, 0.05) is 39.2 Å². The van der Waals surface area contributed by atoms with Crippen molar-refractivity contribution in [3.63, 3.8) is 0 Å². The summed E-state index contributed by atoms with van der Waals surface area (Å²) in [6, 6.07) is 26.2. The molecule has 4 aromatic carbocycles. The van der Waals surface area contributed by atoms with Gasteiger partial charge in [-0.3, -0.25) is 28.9 Å². The fourth-order valence-corrected chi connectivity index (χ4v) is 8.05. The van der Waals surface area contributed by atoms with Gasteiger partial charge in [-0.1, -0.05) is 72.3 Å². The quantitative estimate of drug-likeness (QED) is 0.122. The van der Waals surface area contributed by atoms with Gasteiger partial charge in [-0.05, 0) is 73.0 Å². The Morgan fingerprint density at radius 1 is 0.766 bits per heavy atom. The van der Waals surface area contributed by atoms with Gasteiger partial charge >= 0.3 is 0 Å². The van der Waals surface area contributed by atoms with Crippen molar-refractivity contribution in [1.82, 2.24) is 0 Å². The number of hydrogen-bond donors (Lipinski definition) is 1. The highest BCUT2D eigenvalue weighted by Gasteiger charge is 2.56. The number of carbonyl (C=O) groups excluding carboxylic acids is 5. The molecule has 4 aromatic rings. The van der Waals surface area contributed by atoms with Crippen LogP contribution in [0.1, 0.15) is 47.2 Å². The Morgan fingerprint density at radius 3 is 2.19 bits per heavy atom. The predicted octanol–water partition coefficient (Wildman–Crippen LogP) is 6.41. The minimum absolute atomic E-state index is 0.106. The van der Waals surface area contributed by atoms with Crippen molar-refractivity contribution in [3.05, 3.63) is 142 Å². The Kier molecular flexibility index (Phi) is 6.55. The number of carbonyl (C=O) groups is 5. The third-order valence-corrected chi connectivity index (χ3v) is 10.2. The van der Waals surface area contributed by atoms with Gasteiger partial charge in [0.1, 0.15) is 5.75 Å². The Morgan fingerprint density at radius 2 is 1.45 bits per heavy atom. The monoisotopic (exact) mass is 619 g/mol. The first-order valence-corrected chi connectivity index (χ1v) is 15.7. The highest BCUT2D eigenvalue weighted by atomic mass is 16.3. The van der Waals surface area contributed by atoms with Gasteiger partial charge in [0.15, 0.2) is 17.3 Å². The van der Waals surface area contributed by atoms with Crippen LogP contribution in [0.2, 0.25) is 0 Å². The van der Waals surface area contributed by atoms with E-state index in [0.717, 1.165) is 16.5 Å². The van der Waals surface area contributed by atoms with Crippen LogP contribution in [0.3, 0.4) is 0 Å². The summed E-state index contributed by atoms with van der Waals surface area (Å²) in [5, 5.41) is 12.0. The molecular formula is C40H29NO6. The molecule has 1 saturated heterocycles. The molecule has 47 heavy (non-hydrogen) atoms. The molecule has 1 fully saturated rings. The number of benzene rings is 4. The fourth-order valence-electron chi connectivity index (χ4n) is 8.05. The number of Topliss-reactive ketones (excluding diaryl/α,β-unsaturated/α-hetero) is 1. The van der Waals surface area contributed by atoms with Gasteiger partial charge in [-0.15, -0.1) is 0 Å². The second-order valence-corrected chi connectivity index (χ2v) is 12.7. The Hall–Kier alpha value is -5.69. The Balaban J connectivity index is 1.20. The lowest BCUT2D eigenvalue weighted by Crippen LogP contribution is -2.39. The van der Waals surface area contributed by atoms with Crippen LogP contribution in [0, 0.1) is 17.8 Å². The van der Waals surface area contributed by atoms with E-state index >= 15 is 0 Å². The van der Waals surface area contributed by atoms with E-state index < -0.39 is 23.7 Å². The number of phenols is 1. The maximum Gasteiger partial charge on any atom is 0.238 e. The molecule has 0 radical (unpaired) electrons. The van der Waals surface area contributed by atoms with Crippen molar-refractivity contribution in [2.45, 2.75) is 25.7 Å². The van der Waals surface area contributed by atoms with E-state index in [1.54, 1.807) is 67.6 Å². The van der Waals surface area contributed by atoms with Crippen LogP contribution in [0.4, 0.5) is 5.69 Å². The lowest BCUT2D eigenvalue weighted by molar-refractivity contribution is -0.123. The summed E-state index contributed by atoms with van der Waals surface area (Å²) in [7, 11) is 0. The van der Waals surface area contributed by atoms with Crippen LogP contribution in [0.5, 0.6) is 5.75 Å². The third kappa shape index (κ3) is 4.30.